The number of phenols is 1. The van der Waals surface area contributed by atoms with E-state index in [-0.39, 0.29) is 22.6 Å². The molecular weight excluding hydrogens is 732 g/mol. The van der Waals surface area contributed by atoms with Crippen molar-refractivity contribution < 1.29 is 98.9 Å². The van der Waals surface area contributed by atoms with Gasteiger partial charge < -0.3 is 98.9 Å². The summed E-state index contributed by atoms with van der Waals surface area (Å²) in [6, 6.07) is 5.88. The van der Waals surface area contributed by atoms with Gasteiger partial charge in [0.2, 0.25) is 30.0 Å². The Labute approximate surface area is 303 Å². The second kappa shape index (κ2) is 16.1. The maximum absolute atomic E-state index is 14.0. The highest BCUT2D eigenvalue weighted by Gasteiger charge is 2.47. The molecule has 3 saturated heterocycles. The van der Waals surface area contributed by atoms with Crippen LogP contribution < -0.4 is 24.4 Å². The molecule has 2 aromatic carbocycles. The highest BCUT2D eigenvalue weighted by molar-refractivity contribution is 5.88. The lowest BCUT2D eigenvalue weighted by Gasteiger charge is -2.41. The molecule has 0 bridgehead atoms. The van der Waals surface area contributed by atoms with Crippen molar-refractivity contribution in [1.82, 2.24) is 0 Å². The molecule has 21 nitrogen and oxygen atoms in total. The molecule has 4 heterocycles. The van der Waals surface area contributed by atoms with E-state index < -0.39 is 140 Å². The number of rotatable bonds is 10. The third kappa shape index (κ3) is 7.39. The minimum atomic E-state index is -1.95. The summed E-state index contributed by atoms with van der Waals surface area (Å²) >= 11 is 0. The predicted molar refractivity (Wildman–Crippen MR) is 173 cm³/mol. The van der Waals surface area contributed by atoms with Gasteiger partial charge in [-0.3, -0.25) is 4.79 Å². The summed E-state index contributed by atoms with van der Waals surface area (Å²) in [7, 11) is 1.29. The van der Waals surface area contributed by atoms with E-state index in [9.17, 15) is 66.1 Å². The normalized spacial score (nSPS) is 35.8. The van der Waals surface area contributed by atoms with Crippen molar-refractivity contribution in [2.24, 2.45) is 0 Å². The molecule has 6 rings (SSSR count). The topological polar surface area (TPSA) is 338 Å². The molecule has 3 fully saturated rings. The number of benzene rings is 2. The Kier molecular flexibility index (Phi) is 11.8. The zero-order valence-electron chi connectivity index (χ0n) is 28.1. The minimum absolute atomic E-state index is 0.0702. The van der Waals surface area contributed by atoms with Gasteiger partial charge in [0.05, 0.1) is 26.9 Å². The smallest absolute Gasteiger partial charge is 0.239 e. The van der Waals surface area contributed by atoms with Gasteiger partial charge in [-0.25, -0.2) is 0 Å². The lowest BCUT2D eigenvalue weighted by Crippen LogP contribution is -2.60. The maximum Gasteiger partial charge on any atom is 0.239 e. The Bertz CT molecular complexity index is 1830. The minimum Gasteiger partial charge on any atom is -0.507 e. The summed E-state index contributed by atoms with van der Waals surface area (Å²) in [4.78, 5) is 14.0. The van der Waals surface area contributed by atoms with Gasteiger partial charge in [0, 0.05) is 17.7 Å². The maximum atomic E-state index is 14.0. The van der Waals surface area contributed by atoms with Crippen molar-refractivity contribution in [3.05, 3.63) is 40.6 Å². The van der Waals surface area contributed by atoms with Crippen LogP contribution in [0.3, 0.4) is 0 Å². The summed E-state index contributed by atoms with van der Waals surface area (Å²) in [5, 5.41) is 123. The van der Waals surface area contributed by atoms with E-state index in [1.165, 1.54) is 19.2 Å². The molecule has 0 amide bonds. The fraction of sp³-hybridized carbons (Fsp3) is 0.545. The summed E-state index contributed by atoms with van der Waals surface area (Å²) < 4.78 is 44.9. The Morgan fingerprint density at radius 1 is 0.685 bits per heavy atom. The van der Waals surface area contributed by atoms with E-state index in [0.29, 0.717) is 0 Å². The Balaban J connectivity index is 1.49. The van der Waals surface area contributed by atoms with Crippen LogP contribution in [0.5, 0.6) is 28.7 Å². The zero-order chi connectivity index (χ0) is 39.2. The van der Waals surface area contributed by atoms with Crippen LogP contribution in [0.4, 0.5) is 0 Å². The molecular formula is C33H40O21. The molecule has 3 aromatic rings. The number of fused-ring (bicyclic) bond motifs is 1. The Morgan fingerprint density at radius 2 is 1.26 bits per heavy atom. The van der Waals surface area contributed by atoms with Gasteiger partial charge in [-0.05, 0) is 18.2 Å². The van der Waals surface area contributed by atoms with E-state index in [0.717, 1.165) is 18.2 Å². The molecule has 0 radical (unpaired) electrons. The first-order valence-corrected chi connectivity index (χ1v) is 16.5. The van der Waals surface area contributed by atoms with E-state index >= 15 is 0 Å². The molecule has 14 atom stereocenters. The van der Waals surface area contributed by atoms with Gasteiger partial charge >= 0.3 is 0 Å². The molecule has 1 aromatic heterocycles. The molecule has 0 aliphatic carbocycles. The molecule has 0 saturated carbocycles. The Hall–Kier alpha value is -3.91. The number of phenolic OH excluding ortho intramolecular Hbond substituents is 1. The Morgan fingerprint density at radius 3 is 1.83 bits per heavy atom. The van der Waals surface area contributed by atoms with Gasteiger partial charge in [-0.15, -0.1) is 0 Å². The standard InChI is InChI=1S/C33H40O21/c1-47-11-5-12(36)19-16(6-11)49-29(30(23(19)41)54-31-26(44)20(38)13(37)9-48-31)10-2-3-14(50-32-27(45)24(42)21(39)17(7-34)52-32)15(4-10)51-33-28(46)25(43)22(40)18(8-35)53-33/h2-6,13,17-18,20-22,24-28,31-40,42-46H,7-9H2,1H3/t13-,17-,18-,20-,21-,22-,24-,25-,26-,27-,28-,31+,32-,33-/m0/s1. The van der Waals surface area contributed by atoms with Crippen molar-refractivity contribution in [2.45, 2.75) is 86.0 Å². The first-order chi connectivity index (χ1) is 25.7. The monoisotopic (exact) mass is 772 g/mol. The van der Waals surface area contributed by atoms with Crippen LogP contribution in [-0.4, -0.2) is 174 Å². The molecule has 0 unspecified atom stereocenters. The van der Waals surface area contributed by atoms with Crippen molar-refractivity contribution in [3.63, 3.8) is 0 Å². The molecule has 0 spiro atoms. The van der Waals surface area contributed by atoms with Gasteiger partial charge in [-0.1, -0.05) is 0 Å². The van der Waals surface area contributed by atoms with Gasteiger partial charge in [0.15, 0.2) is 17.3 Å². The molecule has 21 heteroatoms. The van der Waals surface area contributed by atoms with E-state index in [1.807, 2.05) is 0 Å². The number of aromatic hydroxyl groups is 1. The second-order valence-corrected chi connectivity index (χ2v) is 12.8. The van der Waals surface area contributed by atoms with Gasteiger partial charge in [-0.2, -0.15) is 0 Å². The van der Waals surface area contributed by atoms with Crippen molar-refractivity contribution in [1.29, 1.82) is 0 Å². The summed E-state index contributed by atoms with van der Waals surface area (Å²) in [6.07, 6.45) is -24.4. The fourth-order valence-corrected chi connectivity index (χ4v) is 6.09. The third-order valence-corrected chi connectivity index (χ3v) is 9.22. The number of hydrogen-bond donors (Lipinski definition) is 12. The summed E-state index contributed by atoms with van der Waals surface area (Å²) in [5.74, 6) is -2.45. The quantitative estimate of drug-likeness (QED) is 0.0921. The van der Waals surface area contributed by atoms with E-state index in [2.05, 4.69) is 0 Å². The first-order valence-electron chi connectivity index (χ1n) is 16.5. The van der Waals surface area contributed by atoms with Gasteiger partial charge in [0.1, 0.15) is 89.6 Å². The van der Waals surface area contributed by atoms with Crippen molar-refractivity contribution >= 4 is 11.0 Å². The lowest BCUT2D eigenvalue weighted by molar-refractivity contribution is -0.282. The molecule has 3 aliphatic heterocycles. The highest BCUT2D eigenvalue weighted by Crippen LogP contribution is 2.42. The third-order valence-electron chi connectivity index (χ3n) is 9.22. The molecule has 12 N–H and O–H groups in total. The molecule has 54 heavy (non-hydrogen) atoms. The summed E-state index contributed by atoms with van der Waals surface area (Å²) in [6.45, 7) is -2.13. The van der Waals surface area contributed by atoms with Crippen LogP contribution >= 0.6 is 0 Å². The second-order valence-electron chi connectivity index (χ2n) is 12.8. The number of aliphatic hydroxyl groups is 11. The lowest BCUT2D eigenvalue weighted by atomic mass is 9.99. The van der Waals surface area contributed by atoms with E-state index in [1.54, 1.807) is 0 Å². The average Bonchev–Trinajstić information content (AvgIpc) is 3.16. The molecule has 3 aliphatic rings. The van der Waals surface area contributed by atoms with Crippen LogP contribution in [0.15, 0.2) is 39.5 Å². The zero-order valence-corrected chi connectivity index (χ0v) is 28.1. The fourth-order valence-electron chi connectivity index (χ4n) is 6.09. The first kappa shape index (κ1) is 39.8. The van der Waals surface area contributed by atoms with Crippen LogP contribution in [0.1, 0.15) is 0 Å². The van der Waals surface area contributed by atoms with Crippen molar-refractivity contribution in [3.8, 4) is 40.1 Å². The van der Waals surface area contributed by atoms with E-state index in [4.69, 9.17) is 37.6 Å². The van der Waals surface area contributed by atoms with Crippen LogP contribution in [0.2, 0.25) is 0 Å². The number of aliphatic hydroxyl groups excluding tert-OH is 11. The predicted octanol–water partition coefficient (Wildman–Crippen LogP) is -4.65. The summed E-state index contributed by atoms with van der Waals surface area (Å²) in [5.41, 5.74) is -1.36. The van der Waals surface area contributed by atoms with Crippen LogP contribution in [-0.2, 0) is 14.2 Å². The number of methoxy groups -OCH3 is 1. The van der Waals surface area contributed by atoms with Gasteiger partial charge in [0.25, 0.3) is 0 Å². The number of hydrogen-bond acceptors (Lipinski definition) is 21. The largest absolute Gasteiger partial charge is 0.507 e. The van der Waals surface area contributed by atoms with Crippen molar-refractivity contribution in [2.75, 3.05) is 26.9 Å². The van der Waals surface area contributed by atoms with Crippen LogP contribution in [0.25, 0.3) is 22.3 Å². The van der Waals surface area contributed by atoms with Crippen LogP contribution in [0, 0.1) is 0 Å². The number of ether oxygens (including phenoxy) is 7. The SMILES string of the molecule is COc1cc(O)c2c(=O)c(O[C@H]3OC[C@H](O)[C@H](O)[C@@H]3O)c(-c3ccc(O[C@H]4O[C@@H](CO)[C@H](O)[C@H](O)[C@@H]4O)c(O[C@H]4O[C@@H](CO)[C@H](O)[C@H](O)[C@@H]4O)c3)oc2c1. The molecule has 298 valence electrons. The highest BCUT2D eigenvalue weighted by atomic mass is 16.7. The average molecular weight is 773 g/mol.